The number of nitrogens with one attached hydrogen (secondary N) is 2. The summed E-state index contributed by atoms with van der Waals surface area (Å²) >= 11 is 0. The number of carboxylic acid groups (broad SMARTS) is 1. The van der Waals surface area contributed by atoms with E-state index in [9.17, 15) is 9.59 Å². The van der Waals surface area contributed by atoms with Gasteiger partial charge in [-0.2, -0.15) is 0 Å². The van der Waals surface area contributed by atoms with Crippen LogP contribution in [0.25, 0.3) is 0 Å². The molecule has 0 aliphatic carbocycles. The molecule has 1 amide bonds. The highest BCUT2D eigenvalue weighted by Crippen LogP contribution is 2.22. The van der Waals surface area contributed by atoms with E-state index in [1.807, 2.05) is 0 Å². The Morgan fingerprint density at radius 3 is 2.17 bits per heavy atom. The molecule has 1 unspecified atom stereocenters. The summed E-state index contributed by atoms with van der Waals surface area (Å²) in [6, 6.07) is -0.713. The molecule has 0 saturated heterocycles. The van der Waals surface area contributed by atoms with Crippen molar-refractivity contribution in [2.75, 3.05) is 26.3 Å². The first-order valence-corrected chi connectivity index (χ1v) is 5.81. The maximum absolute atomic E-state index is 11.7. The number of carboxylic acids is 1. The Labute approximate surface area is 106 Å². The zero-order valence-electron chi connectivity index (χ0n) is 10.8. The molecule has 1 atom stereocenters. The molecule has 0 saturated carbocycles. The maximum atomic E-state index is 11.7. The van der Waals surface area contributed by atoms with Gasteiger partial charge in [0.05, 0.1) is 24.7 Å². The summed E-state index contributed by atoms with van der Waals surface area (Å²) in [5.41, 5.74) is -1.05. The number of hydrogen-bond donors (Lipinski definition) is 5. The Balaban J connectivity index is 4.57. The summed E-state index contributed by atoms with van der Waals surface area (Å²) in [7, 11) is 0. The van der Waals surface area contributed by atoms with Crippen LogP contribution in [-0.4, -0.2) is 59.5 Å². The van der Waals surface area contributed by atoms with Gasteiger partial charge in [0.1, 0.15) is 0 Å². The highest BCUT2D eigenvalue weighted by atomic mass is 16.4. The van der Waals surface area contributed by atoms with Crippen molar-refractivity contribution in [3.8, 4) is 0 Å². The van der Waals surface area contributed by atoms with E-state index in [1.54, 1.807) is 0 Å². The van der Waals surface area contributed by atoms with Gasteiger partial charge in [-0.15, -0.1) is 0 Å². The summed E-state index contributed by atoms with van der Waals surface area (Å²) in [5.74, 6) is -1.37. The Kier molecular flexibility index (Phi) is 7.49. The van der Waals surface area contributed by atoms with Crippen LogP contribution in [0.1, 0.15) is 20.3 Å². The summed E-state index contributed by atoms with van der Waals surface area (Å²) in [4.78, 5) is 22.8. The molecule has 0 aliphatic heterocycles. The van der Waals surface area contributed by atoms with Crippen LogP contribution in [0.4, 0.5) is 0 Å². The van der Waals surface area contributed by atoms with Crippen molar-refractivity contribution in [2.45, 2.75) is 26.3 Å². The van der Waals surface area contributed by atoms with Crippen molar-refractivity contribution >= 4 is 11.9 Å². The van der Waals surface area contributed by atoms with Crippen molar-refractivity contribution in [2.24, 2.45) is 5.41 Å². The molecule has 0 heterocycles. The predicted molar refractivity (Wildman–Crippen MR) is 65.0 cm³/mol. The molecule has 0 rings (SSSR count). The van der Waals surface area contributed by atoms with E-state index < -0.39 is 17.4 Å². The number of hydrogen-bond acceptors (Lipinski definition) is 5. The molecule has 0 aromatic rings. The average molecular weight is 262 g/mol. The van der Waals surface area contributed by atoms with Crippen LogP contribution in [-0.2, 0) is 9.59 Å². The van der Waals surface area contributed by atoms with Crippen LogP contribution in [0.3, 0.4) is 0 Å². The van der Waals surface area contributed by atoms with Gasteiger partial charge in [0, 0.05) is 13.1 Å². The Hall–Kier alpha value is -1.18. The second kappa shape index (κ2) is 8.02. The maximum Gasteiger partial charge on any atom is 0.309 e. The molecule has 0 aromatic heterocycles. The summed E-state index contributed by atoms with van der Waals surface area (Å²) in [6.07, 6.45) is 0.0968. The van der Waals surface area contributed by atoms with Gasteiger partial charge in [-0.1, -0.05) is 0 Å². The highest BCUT2D eigenvalue weighted by Gasteiger charge is 2.33. The third kappa shape index (κ3) is 5.95. The Morgan fingerprint density at radius 2 is 1.72 bits per heavy atom. The molecule has 0 fully saturated rings. The molecule has 106 valence electrons. The van der Waals surface area contributed by atoms with Gasteiger partial charge in [0.25, 0.3) is 0 Å². The van der Waals surface area contributed by atoms with Crippen LogP contribution >= 0.6 is 0 Å². The molecule has 18 heavy (non-hydrogen) atoms. The summed E-state index contributed by atoms with van der Waals surface area (Å²) < 4.78 is 0. The lowest BCUT2D eigenvalue weighted by molar-refractivity contribution is -0.147. The van der Waals surface area contributed by atoms with E-state index in [4.69, 9.17) is 15.3 Å². The first kappa shape index (κ1) is 16.8. The number of carbonyl (C=O) groups is 2. The summed E-state index contributed by atoms with van der Waals surface area (Å²) in [6.45, 7) is 3.05. The molecule has 0 aliphatic rings. The standard InChI is InChI=1S/C11H22N2O5/c1-11(2,10(17)18)7-8(12-3-5-14)9(16)13-4-6-15/h8,12,14-15H,3-7H2,1-2H3,(H,13,16)(H,17,18). The van der Waals surface area contributed by atoms with Crippen LogP contribution < -0.4 is 10.6 Å². The lowest BCUT2D eigenvalue weighted by Crippen LogP contribution is -2.49. The predicted octanol–water partition coefficient (Wildman–Crippen LogP) is -1.45. The van der Waals surface area contributed by atoms with E-state index in [1.165, 1.54) is 13.8 Å². The van der Waals surface area contributed by atoms with Crippen molar-refractivity contribution in [3.05, 3.63) is 0 Å². The largest absolute Gasteiger partial charge is 0.481 e. The van der Waals surface area contributed by atoms with Crippen LogP contribution in [0.5, 0.6) is 0 Å². The minimum Gasteiger partial charge on any atom is -0.481 e. The van der Waals surface area contributed by atoms with Gasteiger partial charge in [-0.3, -0.25) is 9.59 Å². The van der Waals surface area contributed by atoms with Crippen LogP contribution in [0, 0.1) is 5.41 Å². The lowest BCUT2D eigenvalue weighted by Gasteiger charge is -2.26. The zero-order valence-corrected chi connectivity index (χ0v) is 10.8. The molecule has 0 spiro atoms. The van der Waals surface area contributed by atoms with E-state index in [0.29, 0.717) is 0 Å². The molecule has 0 radical (unpaired) electrons. The van der Waals surface area contributed by atoms with Gasteiger partial charge < -0.3 is 26.0 Å². The molecule has 0 bridgehead atoms. The number of aliphatic hydroxyl groups is 2. The Bertz CT molecular complexity index is 281. The van der Waals surface area contributed by atoms with Crippen LogP contribution in [0.2, 0.25) is 0 Å². The monoisotopic (exact) mass is 262 g/mol. The van der Waals surface area contributed by atoms with Gasteiger partial charge in [0.15, 0.2) is 0 Å². The number of carbonyl (C=O) groups excluding carboxylic acids is 1. The third-order valence-electron chi connectivity index (χ3n) is 2.52. The van der Waals surface area contributed by atoms with E-state index in [-0.39, 0.29) is 38.6 Å². The fourth-order valence-corrected chi connectivity index (χ4v) is 1.40. The SMILES string of the molecule is CC(C)(CC(NCCO)C(=O)NCCO)C(=O)O. The molecule has 7 heteroatoms. The molecular weight excluding hydrogens is 240 g/mol. The van der Waals surface area contributed by atoms with Gasteiger partial charge >= 0.3 is 5.97 Å². The van der Waals surface area contributed by atoms with Crippen molar-refractivity contribution in [3.63, 3.8) is 0 Å². The molecule has 7 nitrogen and oxygen atoms in total. The van der Waals surface area contributed by atoms with Crippen molar-refractivity contribution in [1.82, 2.24) is 10.6 Å². The first-order valence-electron chi connectivity index (χ1n) is 5.81. The van der Waals surface area contributed by atoms with Gasteiger partial charge in [-0.25, -0.2) is 0 Å². The minimum absolute atomic E-state index is 0.0968. The average Bonchev–Trinajstić information content (AvgIpc) is 2.31. The molecule has 5 N–H and O–H groups in total. The van der Waals surface area contributed by atoms with E-state index >= 15 is 0 Å². The Morgan fingerprint density at radius 1 is 1.17 bits per heavy atom. The van der Waals surface area contributed by atoms with E-state index in [2.05, 4.69) is 10.6 Å². The summed E-state index contributed by atoms with van der Waals surface area (Å²) in [5, 5.41) is 31.6. The first-order chi connectivity index (χ1) is 8.35. The van der Waals surface area contributed by atoms with Crippen molar-refractivity contribution < 1.29 is 24.9 Å². The van der Waals surface area contributed by atoms with Crippen molar-refractivity contribution in [1.29, 1.82) is 0 Å². The minimum atomic E-state index is -1.05. The van der Waals surface area contributed by atoms with Gasteiger partial charge in [-0.05, 0) is 20.3 Å². The topological polar surface area (TPSA) is 119 Å². The number of aliphatic hydroxyl groups excluding tert-OH is 2. The second-order valence-corrected chi connectivity index (χ2v) is 4.64. The smallest absolute Gasteiger partial charge is 0.309 e. The highest BCUT2D eigenvalue weighted by molar-refractivity contribution is 5.83. The quantitative estimate of drug-likeness (QED) is 0.347. The van der Waals surface area contributed by atoms with E-state index in [0.717, 1.165) is 0 Å². The lowest BCUT2D eigenvalue weighted by atomic mass is 9.85. The second-order valence-electron chi connectivity index (χ2n) is 4.64. The fourth-order valence-electron chi connectivity index (χ4n) is 1.40. The molecular formula is C11H22N2O5. The third-order valence-corrected chi connectivity index (χ3v) is 2.52. The number of aliphatic carboxylic acids is 1. The number of amides is 1. The van der Waals surface area contributed by atoms with Gasteiger partial charge in [0.2, 0.25) is 5.91 Å². The number of rotatable bonds is 9. The van der Waals surface area contributed by atoms with Crippen LogP contribution in [0.15, 0.2) is 0 Å². The molecule has 0 aromatic carbocycles. The fraction of sp³-hybridized carbons (Fsp3) is 0.818. The normalized spacial score (nSPS) is 13.1. The zero-order chi connectivity index (χ0) is 14.2.